The Labute approximate surface area is 275 Å². The van der Waals surface area contributed by atoms with Gasteiger partial charge < -0.3 is 0 Å². The highest BCUT2D eigenvalue weighted by atomic mass is 14.2. The van der Waals surface area contributed by atoms with Gasteiger partial charge in [0.15, 0.2) is 0 Å². The van der Waals surface area contributed by atoms with E-state index in [0.29, 0.717) is 5.92 Å². The van der Waals surface area contributed by atoms with Crippen LogP contribution in [0.25, 0.3) is 33.0 Å². The molecule has 0 N–H and O–H groups in total. The van der Waals surface area contributed by atoms with Gasteiger partial charge in [-0.25, -0.2) is 0 Å². The normalized spacial score (nSPS) is 10.9. The maximum absolute atomic E-state index is 3.70. The van der Waals surface area contributed by atoms with E-state index in [2.05, 4.69) is 165 Å². The summed E-state index contributed by atoms with van der Waals surface area (Å²) in [4.78, 5) is 0. The standard InChI is InChI=1S/C25H22.C9H16.C7H8.C4H10/c1-17-12-14-20(15-13-17)25-16-24(21-9-5-4-8-18(21)2)19(3)22-10-6-7-11-23(22)25;1-4-7-9(6-3)8-5-2;1-7-5-3-2-4-6-7;1-3-4-2/h4-16H,1-3H3;4-5,8-9H,1,6-7H2,2-3H3;2-6H,1H3;3-4H2,1-2H3/b;8-5+;;. The highest BCUT2D eigenvalue weighted by molar-refractivity contribution is 6.02. The van der Waals surface area contributed by atoms with E-state index in [-0.39, 0.29) is 0 Å². The maximum Gasteiger partial charge on any atom is -0.00990 e. The van der Waals surface area contributed by atoms with Gasteiger partial charge in [-0.2, -0.15) is 0 Å². The minimum Gasteiger partial charge on any atom is -0.103 e. The highest BCUT2D eigenvalue weighted by Gasteiger charge is 2.13. The van der Waals surface area contributed by atoms with Crippen molar-refractivity contribution in [2.45, 2.75) is 81.1 Å². The molecule has 0 aliphatic carbocycles. The Morgan fingerprint density at radius 3 is 1.67 bits per heavy atom. The summed E-state index contributed by atoms with van der Waals surface area (Å²) in [5, 5.41) is 2.65. The quantitative estimate of drug-likeness (QED) is 0.164. The molecule has 0 amide bonds. The molecule has 0 spiro atoms. The van der Waals surface area contributed by atoms with E-state index in [1.165, 1.54) is 74.5 Å². The van der Waals surface area contributed by atoms with Crippen molar-refractivity contribution in [3.05, 3.63) is 156 Å². The van der Waals surface area contributed by atoms with Crippen LogP contribution in [-0.2, 0) is 0 Å². The van der Waals surface area contributed by atoms with Gasteiger partial charge in [0.1, 0.15) is 0 Å². The Bertz CT molecular complexity index is 1570. The van der Waals surface area contributed by atoms with Gasteiger partial charge in [0.2, 0.25) is 0 Å². The van der Waals surface area contributed by atoms with Crippen molar-refractivity contribution < 1.29 is 0 Å². The van der Waals surface area contributed by atoms with Crippen LogP contribution in [-0.4, -0.2) is 0 Å². The van der Waals surface area contributed by atoms with E-state index >= 15 is 0 Å². The Balaban J connectivity index is 0.000000288. The average molecular weight is 597 g/mol. The maximum atomic E-state index is 3.70. The van der Waals surface area contributed by atoms with Crippen LogP contribution in [0.3, 0.4) is 0 Å². The number of rotatable bonds is 7. The first-order valence-corrected chi connectivity index (χ1v) is 16.7. The van der Waals surface area contributed by atoms with Crippen molar-refractivity contribution in [2.24, 2.45) is 5.92 Å². The van der Waals surface area contributed by atoms with Crippen LogP contribution < -0.4 is 0 Å². The molecule has 1 unspecified atom stereocenters. The molecule has 0 heteroatoms. The van der Waals surface area contributed by atoms with Crippen molar-refractivity contribution in [3.8, 4) is 22.3 Å². The average Bonchev–Trinajstić information content (AvgIpc) is 3.07. The molecule has 0 bridgehead atoms. The second-order valence-electron chi connectivity index (χ2n) is 11.7. The predicted octanol–water partition coefficient (Wildman–Crippen LogP) is 14.1. The summed E-state index contributed by atoms with van der Waals surface area (Å²) in [6.07, 6.45) is 11.3. The van der Waals surface area contributed by atoms with Crippen molar-refractivity contribution >= 4 is 10.8 Å². The SMILES string of the molecule is C=CCC(/C=C/C)CC.CCCC.Cc1ccc(-c2cc(-c3ccccc3C)c(C)c3ccccc23)cc1.Cc1ccccc1. The molecule has 0 heterocycles. The molecular weight excluding hydrogens is 540 g/mol. The lowest BCUT2D eigenvalue weighted by atomic mass is 9.87. The van der Waals surface area contributed by atoms with Gasteiger partial charge in [0.25, 0.3) is 0 Å². The molecule has 0 aliphatic rings. The van der Waals surface area contributed by atoms with Gasteiger partial charge in [-0.15, -0.1) is 6.58 Å². The van der Waals surface area contributed by atoms with Gasteiger partial charge in [-0.1, -0.05) is 166 Å². The smallest absolute Gasteiger partial charge is 0.00990 e. The predicted molar refractivity (Wildman–Crippen MR) is 204 cm³/mol. The summed E-state index contributed by atoms with van der Waals surface area (Å²) >= 11 is 0. The molecule has 236 valence electrons. The third kappa shape index (κ3) is 12.0. The number of hydrogen-bond acceptors (Lipinski definition) is 0. The second-order valence-corrected chi connectivity index (χ2v) is 11.7. The van der Waals surface area contributed by atoms with E-state index in [0.717, 1.165) is 6.42 Å². The molecule has 0 aliphatic heterocycles. The third-order valence-electron chi connectivity index (χ3n) is 8.01. The summed E-state index contributed by atoms with van der Waals surface area (Å²) in [5.74, 6) is 0.715. The number of benzene rings is 5. The molecule has 0 nitrogen and oxygen atoms in total. The van der Waals surface area contributed by atoms with Gasteiger partial charge in [-0.3, -0.25) is 0 Å². The molecule has 0 saturated heterocycles. The summed E-state index contributed by atoms with van der Waals surface area (Å²) in [5.41, 5.74) is 10.5. The number of fused-ring (bicyclic) bond motifs is 1. The lowest BCUT2D eigenvalue weighted by Gasteiger charge is -2.16. The number of unbranched alkanes of at least 4 members (excludes halogenated alkanes) is 1. The fourth-order valence-corrected chi connectivity index (χ4v) is 5.05. The van der Waals surface area contributed by atoms with Crippen LogP contribution >= 0.6 is 0 Å². The van der Waals surface area contributed by atoms with E-state index in [1.807, 2.05) is 24.3 Å². The molecule has 5 rings (SSSR count). The minimum absolute atomic E-state index is 0.715. The zero-order chi connectivity index (χ0) is 33.0. The van der Waals surface area contributed by atoms with E-state index in [1.54, 1.807) is 0 Å². The second kappa shape index (κ2) is 20.7. The van der Waals surface area contributed by atoms with Crippen LogP contribution in [0.15, 0.2) is 134 Å². The topological polar surface area (TPSA) is 0 Å². The summed E-state index contributed by atoms with van der Waals surface area (Å²) < 4.78 is 0. The monoisotopic (exact) mass is 596 g/mol. The number of hydrogen-bond donors (Lipinski definition) is 0. The fourth-order valence-electron chi connectivity index (χ4n) is 5.05. The van der Waals surface area contributed by atoms with Gasteiger partial charge in [0.05, 0.1) is 0 Å². The first kappa shape index (κ1) is 37.0. The van der Waals surface area contributed by atoms with Crippen LogP contribution in [0.5, 0.6) is 0 Å². The Hall–Kier alpha value is -4.16. The third-order valence-corrected chi connectivity index (χ3v) is 8.01. The molecule has 0 aromatic heterocycles. The first-order chi connectivity index (χ1) is 21.8. The van der Waals surface area contributed by atoms with Crippen molar-refractivity contribution in [2.75, 3.05) is 0 Å². The van der Waals surface area contributed by atoms with Crippen LogP contribution in [0.1, 0.15) is 75.6 Å². The lowest BCUT2D eigenvalue weighted by molar-refractivity contribution is 0.638. The molecule has 0 fully saturated rings. The molecule has 45 heavy (non-hydrogen) atoms. The molecule has 5 aromatic rings. The largest absolute Gasteiger partial charge is 0.103 e. The lowest BCUT2D eigenvalue weighted by Crippen LogP contribution is -1.92. The summed E-state index contributed by atoms with van der Waals surface area (Å²) in [7, 11) is 0. The highest BCUT2D eigenvalue weighted by Crippen LogP contribution is 2.38. The van der Waals surface area contributed by atoms with Crippen LogP contribution in [0.2, 0.25) is 0 Å². The van der Waals surface area contributed by atoms with Crippen molar-refractivity contribution in [1.82, 2.24) is 0 Å². The van der Waals surface area contributed by atoms with Gasteiger partial charge in [-0.05, 0) is 104 Å². The van der Waals surface area contributed by atoms with E-state index in [4.69, 9.17) is 0 Å². The number of aryl methyl sites for hydroxylation is 4. The Morgan fingerprint density at radius 1 is 0.600 bits per heavy atom. The molecule has 1 atom stereocenters. The van der Waals surface area contributed by atoms with Gasteiger partial charge in [0, 0.05) is 0 Å². The van der Waals surface area contributed by atoms with Crippen molar-refractivity contribution in [1.29, 1.82) is 0 Å². The van der Waals surface area contributed by atoms with E-state index in [9.17, 15) is 0 Å². The van der Waals surface area contributed by atoms with Gasteiger partial charge >= 0.3 is 0 Å². The van der Waals surface area contributed by atoms with E-state index < -0.39 is 0 Å². The molecule has 5 aromatic carbocycles. The first-order valence-electron chi connectivity index (χ1n) is 16.7. The summed E-state index contributed by atoms with van der Waals surface area (Å²) in [6, 6.07) is 38.9. The molecule has 0 saturated carbocycles. The summed E-state index contributed by atoms with van der Waals surface area (Å²) in [6.45, 7) is 21.0. The zero-order valence-corrected chi connectivity index (χ0v) is 29.2. The minimum atomic E-state index is 0.715. The van der Waals surface area contributed by atoms with Crippen LogP contribution in [0, 0.1) is 33.6 Å². The van der Waals surface area contributed by atoms with Crippen molar-refractivity contribution in [3.63, 3.8) is 0 Å². The van der Waals surface area contributed by atoms with Crippen LogP contribution in [0.4, 0.5) is 0 Å². The Morgan fingerprint density at radius 2 is 1.16 bits per heavy atom. The zero-order valence-electron chi connectivity index (χ0n) is 29.2. The number of allylic oxidation sites excluding steroid dienone is 3. The Kier molecular flexibility index (Phi) is 17.1. The fraction of sp³-hybridized carbons (Fsp3) is 0.289. The molecule has 0 radical (unpaired) electrons. The molecular formula is C45H56.